The third-order valence-corrected chi connectivity index (χ3v) is 5.60. The molecule has 8 nitrogen and oxygen atoms in total. The van der Waals surface area contributed by atoms with Gasteiger partial charge in [-0.15, -0.1) is 0 Å². The zero-order valence-electron chi connectivity index (χ0n) is 18.8. The minimum absolute atomic E-state index is 0.0308. The maximum Gasteiger partial charge on any atom is 0.250 e. The van der Waals surface area contributed by atoms with Crippen molar-refractivity contribution < 1.29 is 9.59 Å². The number of carbonyl (C=O) groups excluding carboxylic acids is 2. The van der Waals surface area contributed by atoms with E-state index in [1.54, 1.807) is 12.1 Å². The molecule has 4 aromatic rings. The van der Waals surface area contributed by atoms with Crippen LogP contribution in [0.4, 0.5) is 5.82 Å². The molecule has 0 unspecified atom stereocenters. The Balaban J connectivity index is 1.53. The first kappa shape index (κ1) is 22.1. The van der Waals surface area contributed by atoms with E-state index in [4.69, 9.17) is 5.73 Å². The fourth-order valence-electron chi connectivity index (χ4n) is 3.71. The van der Waals surface area contributed by atoms with Crippen molar-refractivity contribution in [3.8, 4) is 0 Å². The number of H-pyrrole nitrogens is 1. The second-order valence-electron chi connectivity index (χ2n) is 8.36. The number of rotatable bonds is 8. The van der Waals surface area contributed by atoms with Crippen LogP contribution in [0.5, 0.6) is 0 Å². The third kappa shape index (κ3) is 4.74. The van der Waals surface area contributed by atoms with Crippen molar-refractivity contribution in [2.75, 3.05) is 5.32 Å². The van der Waals surface area contributed by atoms with Gasteiger partial charge < -0.3 is 11.1 Å². The largest absolute Gasteiger partial charge is 0.366 e. The third-order valence-electron chi connectivity index (χ3n) is 5.60. The number of fused-ring (bicyclic) bond motifs is 1. The van der Waals surface area contributed by atoms with E-state index in [0.717, 1.165) is 16.8 Å². The molecule has 1 amide bonds. The Morgan fingerprint density at radius 1 is 1.06 bits per heavy atom. The first-order valence-corrected chi connectivity index (χ1v) is 10.8. The quantitative estimate of drug-likeness (QED) is 0.352. The summed E-state index contributed by atoms with van der Waals surface area (Å²) in [5, 5.41) is 11.2. The van der Waals surface area contributed by atoms with Gasteiger partial charge in [-0.2, -0.15) is 5.10 Å². The van der Waals surface area contributed by atoms with Gasteiger partial charge >= 0.3 is 0 Å². The van der Waals surface area contributed by atoms with E-state index < -0.39 is 5.91 Å². The van der Waals surface area contributed by atoms with Gasteiger partial charge in [-0.1, -0.05) is 44.2 Å². The van der Waals surface area contributed by atoms with Crippen LogP contribution in [-0.4, -0.2) is 31.9 Å². The van der Waals surface area contributed by atoms with Crippen molar-refractivity contribution in [3.63, 3.8) is 0 Å². The van der Waals surface area contributed by atoms with Gasteiger partial charge in [0.05, 0.1) is 11.1 Å². The predicted molar refractivity (Wildman–Crippen MR) is 127 cm³/mol. The van der Waals surface area contributed by atoms with Crippen LogP contribution >= 0.6 is 0 Å². The minimum Gasteiger partial charge on any atom is -0.366 e. The number of para-hydroxylation sites is 1. The molecule has 8 heteroatoms. The highest BCUT2D eigenvalue weighted by Crippen LogP contribution is 2.26. The molecule has 0 bridgehead atoms. The van der Waals surface area contributed by atoms with Crippen molar-refractivity contribution in [3.05, 3.63) is 82.9 Å². The normalized spacial score (nSPS) is 12.1. The Bertz CT molecular complexity index is 1330. The highest BCUT2D eigenvalue weighted by atomic mass is 16.1. The molecule has 4 rings (SSSR count). The summed E-state index contributed by atoms with van der Waals surface area (Å²) < 4.78 is 0. The number of anilines is 1. The van der Waals surface area contributed by atoms with Crippen LogP contribution in [0.2, 0.25) is 0 Å². The van der Waals surface area contributed by atoms with Gasteiger partial charge in [0.25, 0.3) is 5.91 Å². The summed E-state index contributed by atoms with van der Waals surface area (Å²) in [6.07, 6.45) is 1.68. The summed E-state index contributed by atoms with van der Waals surface area (Å²) in [5.74, 6) is 0.325. The van der Waals surface area contributed by atoms with Gasteiger partial charge in [0.1, 0.15) is 17.8 Å². The number of amides is 1. The monoisotopic (exact) mass is 442 g/mol. The maximum absolute atomic E-state index is 12.7. The SMILES string of the molecule is CC(C)c1cc(C(=O)Cc2cccc([C@@H](C)Nc3ncnc4c(C(N)=O)cccc34)c2)n[nH]1. The molecule has 2 heterocycles. The number of hydrogen-bond acceptors (Lipinski definition) is 6. The Morgan fingerprint density at radius 3 is 2.58 bits per heavy atom. The first-order chi connectivity index (χ1) is 15.8. The molecule has 0 aliphatic carbocycles. The fraction of sp³-hybridized carbons (Fsp3) is 0.240. The number of ketones is 1. The Kier molecular flexibility index (Phi) is 6.17. The lowest BCUT2D eigenvalue weighted by Gasteiger charge is -2.17. The number of nitrogens with two attached hydrogens (primary N) is 1. The number of hydrogen-bond donors (Lipinski definition) is 3. The molecule has 0 saturated heterocycles. The van der Waals surface area contributed by atoms with Gasteiger partial charge in [0.2, 0.25) is 0 Å². The predicted octanol–water partition coefficient (Wildman–Crippen LogP) is 4.17. The van der Waals surface area contributed by atoms with Crippen LogP contribution in [-0.2, 0) is 6.42 Å². The van der Waals surface area contributed by atoms with Crippen molar-refractivity contribution in [2.24, 2.45) is 5.73 Å². The van der Waals surface area contributed by atoms with Gasteiger partial charge in [-0.05, 0) is 42.2 Å². The van der Waals surface area contributed by atoms with E-state index in [-0.39, 0.29) is 24.2 Å². The maximum atomic E-state index is 12.7. The molecule has 1 atom stereocenters. The second kappa shape index (κ2) is 9.20. The summed E-state index contributed by atoms with van der Waals surface area (Å²) in [5.41, 5.74) is 9.65. The molecule has 168 valence electrons. The van der Waals surface area contributed by atoms with Crippen LogP contribution in [0.15, 0.2) is 54.9 Å². The van der Waals surface area contributed by atoms with E-state index in [9.17, 15) is 9.59 Å². The molecular formula is C25H26N6O2. The number of benzene rings is 2. The topological polar surface area (TPSA) is 127 Å². The lowest BCUT2D eigenvalue weighted by Crippen LogP contribution is -2.13. The zero-order valence-corrected chi connectivity index (χ0v) is 18.8. The summed E-state index contributed by atoms with van der Waals surface area (Å²) in [6.45, 7) is 6.11. The number of carbonyl (C=O) groups is 2. The molecule has 0 aliphatic rings. The van der Waals surface area contributed by atoms with Crippen molar-refractivity contribution in [1.82, 2.24) is 20.2 Å². The Morgan fingerprint density at radius 2 is 1.85 bits per heavy atom. The number of aromatic nitrogens is 4. The van der Waals surface area contributed by atoms with Gasteiger partial charge in [0.15, 0.2) is 5.78 Å². The number of nitrogens with one attached hydrogen (secondary N) is 2. The molecule has 4 N–H and O–H groups in total. The zero-order chi connectivity index (χ0) is 23.5. The summed E-state index contributed by atoms with van der Waals surface area (Å²) in [6, 6.07) is 14.8. The highest BCUT2D eigenvalue weighted by molar-refractivity contribution is 6.06. The Labute approximate surface area is 191 Å². The summed E-state index contributed by atoms with van der Waals surface area (Å²) >= 11 is 0. The molecule has 0 spiro atoms. The van der Waals surface area contributed by atoms with Crippen molar-refractivity contribution >= 4 is 28.4 Å². The number of nitrogens with zero attached hydrogens (tertiary/aromatic N) is 3. The molecule has 2 aromatic heterocycles. The van der Waals surface area contributed by atoms with E-state index >= 15 is 0 Å². The molecule has 0 radical (unpaired) electrons. The number of primary amides is 1. The van der Waals surface area contributed by atoms with Gasteiger partial charge in [-0.3, -0.25) is 14.7 Å². The molecular weight excluding hydrogens is 416 g/mol. The Hall–Kier alpha value is -4.07. The molecule has 0 aliphatic heterocycles. The van der Waals surface area contributed by atoms with Gasteiger partial charge in [-0.25, -0.2) is 9.97 Å². The summed E-state index contributed by atoms with van der Waals surface area (Å²) in [4.78, 5) is 33.0. The molecule has 0 fully saturated rings. The highest BCUT2D eigenvalue weighted by Gasteiger charge is 2.16. The lowest BCUT2D eigenvalue weighted by atomic mass is 10.0. The van der Waals surface area contributed by atoms with E-state index in [1.165, 1.54) is 6.33 Å². The van der Waals surface area contributed by atoms with Crippen LogP contribution in [0.25, 0.3) is 10.9 Å². The van der Waals surface area contributed by atoms with Crippen LogP contribution in [0, 0.1) is 0 Å². The fourth-order valence-corrected chi connectivity index (χ4v) is 3.71. The molecule has 33 heavy (non-hydrogen) atoms. The lowest BCUT2D eigenvalue weighted by molar-refractivity contribution is 0.0984. The standard InChI is InChI=1S/C25H26N6O2/c1-14(2)20-12-21(31-30-20)22(32)11-16-6-4-7-17(10-16)15(3)29-25-19-9-5-8-18(24(26)33)23(19)27-13-28-25/h4-10,12-15H,11H2,1-3H3,(H2,26,33)(H,30,31)(H,27,28,29)/t15-/m1/s1. The van der Waals surface area contributed by atoms with E-state index in [2.05, 4.69) is 39.3 Å². The van der Waals surface area contributed by atoms with Crippen molar-refractivity contribution in [2.45, 2.75) is 39.2 Å². The minimum atomic E-state index is -0.534. The van der Waals surface area contributed by atoms with Crippen molar-refractivity contribution in [1.29, 1.82) is 0 Å². The van der Waals surface area contributed by atoms with E-state index in [0.29, 0.717) is 28.0 Å². The average molecular weight is 443 g/mol. The number of Topliss-reactive ketones (excluding diaryl/α,β-unsaturated/α-hetero) is 1. The van der Waals surface area contributed by atoms with E-state index in [1.807, 2.05) is 43.3 Å². The first-order valence-electron chi connectivity index (χ1n) is 10.8. The van der Waals surface area contributed by atoms with Crippen LogP contribution in [0.1, 0.15) is 70.4 Å². The van der Waals surface area contributed by atoms with Gasteiger partial charge in [0, 0.05) is 23.5 Å². The smallest absolute Gasteiger partial charge is 0.250 e. The number of aromatic amines is 1. The van der Waals surface area contributed by atoms with Crippen LogP contribution < -0.4 is 11.1 Å². The van der Waals surface area contributed by atoms with Crippen LogP contribution in [0.3, 0.4) is 0 Å². The summed E-state index contributed by atoms with van der Waals surface area (Å²) in [7, 11) is 0. The average Bonchev–Trinajstić information content (AvgIpc) is 3.30. The molecule has 2 aromatic carbocycles. The molecule has 0 saturated carbocycles. The second-order valence-corrected chi connectivity index (χ2v) is 8.36.